The van der Waals surface area contributed by atoms with Crippen LogP contribution in [0.1, 0.15) is 11.3 Å². The number of aliphatic hydroxyl groups excluding tert-OH is 1. The summed E-state index contributed by atoms with van der Waals surface area (Å²) in [5.41, 5.74) is 3.98. The third-order valence-corrected chi connectivity index (χ3v) is 3.40. The van der Waals surface area contributed by atoms with Gasteiger partial charge in [0.05, 0.1) is 12.2 Å². The van der Waals surface area contributed by atoms with Crippen molar-refractivity contribution in [2.45, 2.75) is 13.0 Å². The Morgan fingerprint density at radius 2 is 1.77 bits per heavy atom. The van der Waals surface area contributed by atoms with Crippen molar-refractivity contribution in [2.75, 3.05) is 11.9 Å². The van der Waals surface area contributed by atoms with Crippen LogP contribution in [0.15, 0.2) is 65.3 Å². The summed E-state index contributed by atoms with van der Waals surface area (Å²) in [7, 11) is 0. The molecule has 0 aliphatic heterocycles. The number of nitrogens with zero attached hydrogens (tertiary/aromatic N) is 1. The van der Waals surface area contributed by atoms with Gasteiger partial charge >= 0.3 is 0 Å². The van der Waals surface area contributed by atoms with Crippen LogP contribution in [0.25, 0.3) is 11.5 Å². The molecule has 4 nitrogen and oxygen atoms in total. The van der Waals surface area contributed by atoms with Crippen LogP contribution < -0.4 is 5.32 Å². The van der Waals surface area contributed by atoms with E-state index in [9.17, 15) is 0 Å². The lowest BCUT2D eigenvalue weighted by Crippen LogP contribution is -2.00. The minimum absolute atomic E-state index is 0.175. The van der Waals surface area contributed by atoms with Gasteiger partial charge in [0.15, 0.2) is 0 Å². The van der Waals surface area contributed by atoms with Gasteiger partial charge in [-0.25, -0.2) is 4.98 Å². The molecule has 0 radical (unpaired) electrons. The molecule has 22 heavy (non-hydrogen) atoms. The van der Waals surface area contributed by atoms with Crippen molar-refractivity contribution in [1.82, 2.24) is 4.98 Å². The van der Waals surface area contributed by atoms with Gasteiger partial charge in [0.1, 0.15) is 6.26 Å². The minimum atomic E-state index is 0.175. The second kappa shape index (κ2) is 6.91. The van der Waals surface area contributed by atoms with Crippen molar-refractivity contribution >= 4 is 5.69 Å². The van der Waals surface area contributed by atoms with Crippen LogP contribution in [0, 0.1) is 0 Å². The van der Waals surface area contributed by atoms with Crippen LogP contribution in [0.2, 0.25) is 0 Å². The number of aliphatic hydroxyl groups is 1. The largest absolute Gasteiger partial charge is 0.444 e. The third kappa shape index (κ3) is 3.54. The second-order valence-corrected chi connectivity index (χ2v) is 5.03. The van der Waals surface area contributed by atoms with Crippen molar-refractivity contribution in [3.05, 3.63) is 72.1 Å². The first-order valence-electron chi connectivity index (χ1n) is 7.28. The summed E-state index contributed by atoms with van der Waals surface area (Å²) in [4.78, 5) is 4.48. The third-order valence-electron chi connectivity index (χ3n) is 3.40. The fraction of sp³-hybridized carbons (Fsp3) is 0.167. The average Bonchev–Trinajstić information content (AvgIpc) is 3.04. The van der Waals surface area contributed by atoms with E-state index in [-0.39, 0.29) is 6.61 Å². The Morgan fingerprint density at radius 3 is 2.50 bits per heavy atom. The fourth-order valence-electron chi connectivity index (χ4n) is 2.21. The Morgan fingerprint density at radius 1 is 1.00 bits per heavy atom. The molecule has 2 N–H and O–H groups in total. The van der Waals surface area contributed by atoms with E-state index < -0.39 is 0 Å². The molecule has 0 unspecified atom stereocenters. The van der Waals surface area contributed by atoms with Crippen molar-refractivity contribution in [2.24, 2.45) is 0 Å². The smallest absolute Gasteiger partial charge is 0.226 e. The highest BCUT2D eigenvalue weighted by atomic mass is 16.3. The number of rotatable bonds is 6. The van der Waals surface area contributed by atoms with E-state index in [1.807, 2.05) is 54.6 Å². The van der Waals surface area contributed by atoms with E-state index >= 15 is 0 Å². The predicted octanol–water partition coefficient (Wildman–Crippen LogP) is 3.49. The molecule has 0 saturated heterocycles. The maximum absolute atomic E-state index is 8.90. The molecular formula is C18H18N2O2. The zero-order valence-electron chi connectivity index (χ0n) is 12.2. The molecule has 0 bridgehead atoms. The molecule has 1 heterocycles. The molecule has 3 rings (SSSR count). The molecule has 4 heteroatoms. The molecule has 2 aromatic carbocycles. The Balaban J connectivity index is 1.61. The summed E-state index contributed by atoms with van der Waals surface area (Å²) in [6, 6.07) is 17.9. The van der Waals surface area contributed by atoms with Gasteiger partial charge in [-0.05, 0) is 36.2 Å². The van der Waals surface area contributed by atoms with Crippen LogP contribution in [0.5, 0.6) is 0 Å². The average molecular weight is 294 g/mol. The first kappa shape index (κ1) is 14.4. The van der Waals surface area contributed by atoms with Crippen molar-refractivity contribution < 1.29 is 9.52 Å². The molecule has 0 aliphatic rings. The standard InChI is InChI=1S/C18H18N2O2/c21-11-10-14-6-8-16(9-7-14)19-12-17-13-22-18(20-17)15-4-2-1-3-5-15/h1-9,13,19,21H,10-12H2. The van der Waals surface area contributed by atoms with Crippen molar-refractivity contribution in [1.29, 1.82) is 0 Å². The van der Waals surface area contributed by atoms with Crippen LogP contribution in [0.4, 0.5) is 5.69 Å². The molecule has 1 aromatic heterocycles. The highest BCUT2D eigenvalue weighted by Crippen LogP contribution is 2.18. The summed E-state index contributed by atoms with van der Waals surface area (Å²) in [6.45, 7) is 0.781. The molecule has 112 valence electrons. The summed E-state index contributed by atoms with van der Waals surface area (Å²) in [5.74, 6) is 0.635. The van der Waals surface area contributed by atoms with Gasteiger partial charge in [0.2, 0.25) is 5.89 Å². The molecule has 0 atom stereocenters. The molecule has 0 spiro atoms. The first-order chi connectivity index (χ1) is 10.8. The van der Waals surface area contributed by atoms with Gasteiger partial charge in [-0.2, -0.15) is 0 Å². The monoisotopic (exact) mass is 294 g/mol. The Hall–Kier alpha value is -2.59. The highest BCUT2D eigenvalue weighted by molar-refractivity contribution is 5.53. The van der Waals surface area contributed by atoms with Crippen molar-refractivity contribution in [3.63, 3.8) is 0 Å². The van der Waals surface area contributed by atoms with Crippen LogP contribution in [0.3, 0.4) is 0 Å². The van der Waals surface area contributed by atoms with Crippen LogP contribution in [-0.4, -0.2) is 16.7 Å². The van der Waals surface area contributed by atoms with Gasteiger partial charge < -0.3 is 14.8 Å². The maximum Gasteiger partial charge on any atom is 0.226 e. The summed E-state index contributed by atoms with van der Waals surface area (Å²) in [6.07, 6.45) is 2.36. The molecule has 0 amide bonds. The van der Waals surface area contributed by atoms with Crippen molar-refractivity contribution in [3.8, 4) is 11.5 Å². The first-order valence-corrected chi connectivity index (χ1v) is 7.28. The Labute approximate surface area is 129 Å². The molecule has 3 aromatic rings. The molecule has 0 saturated carbocycles. The van der Waals surface area contributed by atoms with Gasteiger partial charge in [0, 0.05) is 17.9 Å². The molecular weight excluding hydrogens is 276 g/mol. The lowest BCUT2D eigenvalue weighted by Gasteiger charge is -2.05. The van der Waals surface area contributed by atoms with Gasteiger partial charge in [-0.1, -0.05) is 30.3 Å². The maximum atomic E-state index is 8.90. The fourth-order valence-corrected chi connectivity index (χ4v) is 2.21. The number of hydrogen-bond donors (Lipinski definition) is 2. The zero-order valence-corrected chi connectivity index (χ0v) is 12.2. The molecule has 0 fully saturated rings. The van der Waals surface area contributed by atoms with E-state index in [1.54, 1.807) is 6.26 Å². The van der Waals surface area contributed by atoms with E-state index in [4.69, 9.17) is 9.52 Å². The predicted molar refractivity (Wildman–Crippen MR) is 86.5 cm³/mol. The summed E-state index contributed by atoms with van der Waals surface area (Å²) in [5, 5.41) is 12.2. The van der Waals surface area contributed by atoms with E-state index in [1.165, 1.54) is 0 Å². The Bertz CT molecular complexity index is 705. The van der Waals surface area contributed by atoms with Crippen LogP contribution >= 0.6 is 0 Å². The van der Waals surface area contributed by atoms with Gasteiger partial charge in [-0.3, -0.25) is 0 Å². The normalized spacial score (nSPS) is 10.6. The van der Waals surface area contributed by atoms with Gasteiger partial charge in [0.25, 0.3) is 0 Å². The lowest BCUT2D eigenvalue weighted by atomic mass is 10.1. The number of nitrogens with one attached hydrogen (secondary N) is 1. The topological polar surface area (TPSA) is 58.3 Å². The van der Waals surface area contributed by atoms with Crippen LogP contribution in [-0.2, 0) is 13.0 Å². The quantitative estimate of drug-likeness (QED) is 0.730. The van der Waals surface area contributed by atoms with Gasteiger partial charge in [-0.15, -0.1) is 0 Å². The number of anilines is 1. The Kier molecular flexibility index (Phi) is 4.51. The highest BCUT2D eigenvalue weighted by Gasteiger charge is 2.05. The molecule has 0 aliphatic carbocycles. The zero-order chi connectivity index (χ0) is 15.2. The number of oxazole rings is 1. The SMILES string of the molecule is OCCc1ccc(NCc2coc(-c3ccccc3)n2)cc1. The number of hydrogen-bond acceptors (Lipinski definition) is 4. The van der Waals surface area contributed by atoms with E-state index in [0.29, 0.717) is 18.9 Å². The lowest BCUT2D eigenvalue weighted by molar-refractivity contribution is 0.299. The number of benzene rings is 2. The second-order valence-electron chi connectivity index (χ2n) is 5.03. The number of aromatic nitrogens is 1. The summed E-state index contributed by atoms with van der Waals surface area (Å²) < 4.78 is 5.51. The minimum Gasteiger partial charge on any atom is -0.444 e. The van der Waals surface area contributed by atoms with E-state index in [2.05, 4.69) is 10.3 Å². The summed E-state index contributed by atoms with van der Waals surface area (Å²) >= 11 is 0. The van der Waals surface area contributed by atoms with E-state index in [0.717, 1.165) is 22.5 Å².